The van der Waals surface area contributed by atoms with Crippen LogP contribution in [-0.2, 0) is 0 Å². The highest BCUT2D eigenvalue weighted by Crippen LogP contribution is 2.10. The summed E-state index contributed by atoms with van der Waals surface area (Å²) in [7, 11) is 0. The van der Waals surface area contributed by atoms with Crippen molar-refractivity contribution in [1.29, 1.82) is 0 Å². The third-order valence-corrected chi connectivity index (χ3v) is 2.22. The minimum absolute atomic E-state index is 0.0414. The minimum atomic E-state index is 0.0414. The number of halogens is 1. The normalized spacial score (nSPS) is 12.7. The summed E-state index contributed by atoms with van der Waals surface area (Å²) in [5.74, 6) is 1.25. The Morgan fingerprint density at radius 2 is 2.00 bits per heavy atom. The van der Waals surface area contributed by atoms with Gasteiger partial charge in [-0.15, -0.1) is 0 Å². The van der Waals surface area contributed by atoms with Gasteiger partial charge in [0.05, 0.1) is 4.47 Å². The van der Waals surface area contributed by atoms with E-state index in [0.29, 0.717) is 5.95 Å². The van der Waals surface area contributed by atoms with Gasteiger partial charge in [-0.3, -0.25) is 0 Å². The summed E-state index contributed by atoms with van der Waals surface area (Å²) >= 11 is 3.27. The van der Waals surface area contributed by atoms with Crippen molar-refractivity contribution >= 4 is 15.9 Å². The molecule has 2 rings (SSSR count). The topological polar surface area (TPSA) is 84.1 Å². The maximum atomic E-state index is 4.14. The molecule has 3 N–H and O–H groups in total. The summed E-state index contributed by atoms with van der Waals surface area (Å²) in [4.78, 5) is 12.4. The number of quaternary nitrogens is 1. The zero-order valence-electron chi connectivity index (χ0n) is 8.13. The lowest BCUT2D eigenvalue weighted by molar-refractivity contribution is -0.422. The molecule has 0 aromatic carbocycles. The van der Waals surface area contributed by atoms with E-state index in [-0.39, 0.29) is 6.04 Å². The first-order valence-corrected chi connectivity index (χ1v) is 5.18. The van der Waals surface area contributed by atoms with Crippen molar-refractivity contribution in [3.05, 3.63) is 29.0 Å². The fourth-order valence-corrected chi connectivity index (χ4v) is 1.36. The second kappa shape index (κ2) is 4.03. The molecule has 0 aliphatic heterocycles. The van der Waals surface area contributed by atoms with Crippen molar-refractivity contribution in [1.82, 2.24) is 24.7 Å². The molecule has 0 saturated heterocycles. The van der Waals surface area contributed by atoms with Gasteiger partial charge in [0.1, 0.15) is 12.4 Å². The first kappa shape index (κ1) is 10.2. The van der Waals surface area contributed by atoms with Gasteiger partial charge in [-0.05, 0) is 22.9 Å². The van der Waals surface area contributed by atoms with Crippen molar-refractivity contribution in [2.24, 2.45) is 0 Å². The Bertz CT molecular complexity index is 448. The van der Waals surface area contributed by atoms with E-state index < -0.39 is 0 Å². The van der Waals surface area contributed by atoms with E-state index in [2.05, 4.69) is 41.7 Å². The van der Waals surface area contributed by atoms with Crippen LogP contribution in [0.25, 0.3) is 5.95 Å². The molecule has 0 aliphatic rings. The van der Waals surface area contributed by atoms with Gasteiger partial charge in [-0.2, -0.15) is 9.78 Å². The van der Waals surface area contributed by atoms with E-state index in [0.717, 1.165) is 10.3 Å². The second-order valence-corrected chi connectivity index (χ2v) is 4.05. The fourth-order valence-electron chi connectivity index (χ4n) is 1.16. The fraction of sp³-hybridized carbons (Fsp3) is 0.250. The van der Waals surface area contributed by atoms with Crippen LogP contribution < -0.4 is 5.73 Å². The number of hydrogen-bond donors (Lipinski definition) is 1. The molecule has 0 radical (unpaired) electrons. The highest BCUT2D eigenvalue weighted by molar-refractivity contribution is 9.10. The number of aromatic nitrogens is 5. The van der Waals surface area contributed by atoms with E-state index in [1.54, 1.807) is 17.1 Å². The molecule has 0 saturated carbocycles. The average molecular weight is 270 g/mol. The van der Waals surface area contributed by atoms with E-state index in [1.807, 2.05) is 6.92 Å². The third kappa shape index (κ3) is 2.02. The molecule has 7 heteroatoms. The van der Waals surface area contributed by atoms with Crippen LogP contribution in [-0.4, -0.2) is 24.7 Å². The molecular formula is C8H10BrN6+. The molecule has 0 aliphatic carbocycles. The Hall–Kier alpha value is -1.34. The molecule has 0 fully saturated rings. The molecule has 15 heavy (non-hydrogen) atoms. The van der Waals surface area contributed by atoms with Gasteiger partial charge in [0, 0.05) is 12.4 Å². The van der Waals surface area contributed by atoms with Gasteiger partial charge < -0.3 is 5.73 Å². The average Bonchev–Trinajstić information content (AvgIpc) is 2.67. The molecule has 2 aromatic heterocycles. The lowest BCUT2D eigenvalue weighted by Gasteiger charge is -2.03. The summed E-state index contributed by atoms with van der Waals surface area (Å²) < 4.78 is 2.42. The van der Waals surface area contributed by atoms with Crippen LogP contribution in [0.4, 0.5) is 0 Å². The Kier molecular flexibility index (Phi) is 2.74. The number of hydrogen-bond acceptors (Lipinski definition) is 4. The Morgan fingerprint density at radius 3 is 2.60 bits per heavy atom. The Labute approximate surface area is 94.7 Å². The van der Waals surface area contributed by atoms with E-state index in [1.165, 1.54) is 6.33 Å². The van der Waals surface area contributed by atoms with Gasteiger partial charge in [-0.1, -0.05) is 0 Å². The van der Waals surface area contributed by atoms with Crippen LogP contribution in [0.5, 0.6) is 0 Å². The van der Waals surface area contributed by atoms with Crippen molar-refractivity contribution in [2.45, 2.75) is 13.0 Å². The smallest absolute Gasteiger partial charge is 0.252 e. The molecule has 1 atom stereocenters. The van der Waals surface area contributed by atoms with Gasteiger partial charge in [0.25, 0.3) is 5.95 Å². The van der Waals surface area contributed by atoms with Gasteiger partial charge >= 0.3 is 0 Å². The Balaban J connectivity index is 2.45. The lowest BCUT2D eigenvalue weighted by atomic mass is 10.3. The quantitative estimate of drug-likeness (QED) is 0.840. The molecule has 2 heterocycles. The molecule has 0 amide bonds. The lowest BCUT2D eigenvalue weighted by Crippen LogP contribution is -2.52. The van der Waals surface area contributed by atoms with E-state index in [9.17, 15) is 0 Å². The molecule has 0 bridgehead atoms. The predicted octanol–water partition coefficient (Wildman–Crippen LogP) is 0.123. The molecule has 2 aromatic rings. The maximum Gasteiger partial charge on any atom is 0.252 e. The third-order valence-electron chi connectivity index (χ3n) is 1.81. The molecule has 6 nitrogen and oxygen atoms in total. The van der Waals surface area contributed by atoms with Crippen molar-refractivity contribution in [2.75, 3.05) is 0 Å². The van der Waals surface area contributed by atoms with Crippen molar-refractivity contribution in [3.8, 4) is 5.95 Å². The zero-order valence-corrected chi connectivity index (χ0v) is 9.72. The highest BCUT2D eigenvalue weighted by atomic mass is 79.9. The first-order valence-electron chi connectivity index (χ1n) is 4.39. The maximum absolute atomic E-state index is 4.14. The van der Waals surface area contributed by atoms with Crippen LogP contribution >= 0.6 is 15.9 Å². The van der Waals surface area contributed by atoms with Crippen LogP contribution in [0.2, 0.25) is 0 Å². The first-order chi connectivity index (χ1) is 7.18. The second-order valence-electron chi connectivity index (χ2n) is 3.13. The molecule has 0 spiro atoms. The summed E-state index contributed by atoms with van der Waals surface area (Å²) in [6, 6.07) is 0.0414. The van der Waals surface area contributed by atoms with Crippen molar-refractivity contribution < 1.29 is 5.73 Å². The van der Waals surface area contributed by atoms with Gasteiger partial charge in [0.2, 0.25) is 0 Å². The van der Waals surface area contributed by atoms with Gasteiger partial charge in [-0.25, -0.2) is 15.0 Å². The van der Waals surface area contributed by atoms with E-state index in [4.69, 9.17) is 0 Å². The highest BCUT2D eigenvalue weighted by Gasteiger charge is 2.14. The number of nitrogens with zero attached hydrogens (tertiary/aromatic N) is 5. The predicted molar refractivity (Wildman–Crippen MR) is 56.0 cm³/mol. The molecule has 78 valence electrons. The standard InChI is InChI=1S/C8H9BrN6/c1-5(10)7-13-4-14-15(7)8-11-2-6(9)3-12-8/h2-5H,10H2,1H3/p+1/t5-/m0/s1. The summed E-state index contributed by atoms with van der Waals surface area (Å²) in [6.45, 7) is 1.94. The zero-order chi connectivity index (χ0) is 10.8. The molecule has 0 unspecified atom stereocenters. The van der Waals surface area contributed by atoms with Crippen LogP contribution in [0.15, 0.2) is 23.2 Å². The SMILES string of the molecule is C[C@H]([NH3+])c1ncnn1-c1ncc(Br)cn1. The summed E-state index contributed by atoms with van der Waals surface area (Å²) in [6.07, 6.45) is 4.81. The summed E-state index contributed by atoms with van der Waals surface area (Å²) in [5.41, 5.74) is 3.90. The largest absolute Gasteiger partial charge is 0.349 e. The summed E-state index contributed by atoms with van der Waals surface area (Å²) in [5, 5.41) is 4.06. The van der Waals surface area contributed by atoms with Crippen molar-refractivity contribution in [3.63, 3.8) is 0 Å². The minimum Gasteiger partial charge on any atom is -0.349 e. The van der Waals surface area contributed by atoms with Crippen LogP contribution in [0.1, 0.15) is 18.8 Å². The monoisotopic (exact) mass is 269 g/mol. The van der Waals surface area contributed by atoms with Crippen LogP contribution in [0.3, 0.4) is 0 Å². The Morgan fingerprint density at radius 1 is 1.33 bits per heavy atom. The van der Waals surface area contributed by atoms with Crippen LogP contribution in [0, 0.1) is 0 Å². The molecular weight excluding hydrogens is 260 g/mol. The van der Waals surface area contributed by atoms with Gasteiger partial charge in [0.15, 0.2) is 5.82 Å². The van der Waals surface area contributed by atoms with E-state index >= 15 is 0 Å². The number of rotatable bonds is 2.